The summed E-state index contributed by atoms with van der Waals surface area (Å²) in [6, 6.07) is 7.81. The minimum Gasteiger partial charge on any atom is -0.374 e. The second-order valence-electron chi connectivity index (χ2n) is 33.6. The van der Waals surface area contributed by atoms with E-state index in [1.807, 2.05) is 0 Å². The van der Waals surface area contributed by atoms with Gasteiger partial charge in [0.05, 0.1) is 36.6 Å². The van der Waals surface area contributed by atoms with Crippen LogP contribution in [0.3, 0.4) is 0 Å². The van der Waals surface area contributed by atoms with Crippen molar-refractivity contribution in [3.05, 3.63) is 0 Å². The van der Waals surface area contributed by atoms with Gasteiger partial charge in [0.25, 0.3) is 0 Å². The Bertz CT molecular complexity index is 1900. The number of likely N-dealkylation sites (tertiary alicyclic amines) is 3. The first-order valence-corrected chi connectivity index (χ1v) is 37.5. The molecule has 6 saturated heterocycles. The van der Waals surface area contributed by atoms with Crippen molar-refractivity contribution in [3.8, 4) is 0 Å². The summed E-state index contributed by atoms with van der Waals surface area (Å²) >= 11 is 0. The molecule has 18 aliphatic rings. The fourth-order valence-corrected chi connectivity index (χ4v) is 29.0. The zero-order chi connectivity index (χ0) is 51.4. The van der Waals surface area contributed by atoms with Crippen LogP contribution in [0.25, 0.3) is 0 Å². The van der Waals surface area contributed by atoms with Crippen LogP contribution in [-0.4, -0.2) is 112 Å². The molecular formula is C72H114BN3O3. The zero-order valence-corrected chi connectivity index (χ0v) is 50.2. The van der Waals surface area contributed by atoms with Crippen molar-refractivity contribution in [2.75, 3.05) is 0 Å². The quantitative estimate of drug-likeness (QED) is 0.247. The Kier molecular flexibility index (Phi) is 14.0. The maximum absolute atomic E-state index is 7.17. The molecule has 0 aromatic rings. The van der Waals surface area contributed by atoms with E-state index in [1.54, 1.807) is 57.8 Å². The third-order valence-corrected chi connectivity index (χ3v) is 31.2. The van der Waals surface area contributed by atoms with E-state index in [2.05, 4.69) is 14.7 Å². The van der Waals surface area contributed by atoms with E-state index in [1.165, 1.54) is 212 Å². The van der Waals surface area contributed by atoms with Crippen LogP contribution in [-0.2, 0) is 14.2 Å². The van der Waals surface area contributed by atoms with Gasteiger partial charge >= 0.3 is 0 Å². The third kappa shape index (κ3) is 8.40. The average molecular weight is 1080 g/mol. The first-order valence-electron chi connectivity index (χ1n) is 37.5. The lowest BCUT2D eigenvalue weighted by molar-refractivity contribution is -0.0265. The topological polar surface area (TPSA) is 37.4 Å². The summed E-state index contributed by atoms with van der Waals surface area (Å²) < 4.78 is 21.5. The highest BCUT2D eigenvalue weighted by Crippen LogP contribution is 2.64. The molecule has 18 fully saturated rings. The molecule has 0 aromatic heterocycles. The molecule has 0 bridgehead atoms. The second kappa shape index (κ2) is 21.3. The molecule has 0 spiro atoms. The van der Waals surface area contributed by atoms with Crippen LogP contribution in [0.5, 0.6) is 0 Å². The van der Waals surface area contributed by atoms with E-state index < -0.39 is 0 Å². The molecule has 6 heterocycles. The molecule has 6 aliphatic heterocycles. The Morgan fingerprint density at radius 3 is 0.785 bits per heavy atom. The van der Waals surface area contributed by atoms with E-state index in [9.17, 15) is 0 Å². The van der Waals surface area contributed by atoms with E-state index in [4.69, 9.17) is 14.2 Å². The number of fused-ring (bicyclic) bond motifs is 21. The molecule has 0 N–H and O–H groups in total. The van der Waals surface area contributed by atoms with Gasteiger partial charge in [0.2, 0.25) is 0 Å². The van der Waals surface area contributed by atoms with Gasteiger partial charge in [0.15, 0.2) is 0 Å². The van der Waals surface area contributed by atoms with E-state index in [-0.39, 0.29) is 0 Å². The minimum atomic E-state index is 0.583. The van der Waals surface area contributed by atoms with Crippen LogP contribution in [0.1, 0.15) is 270 Å². The largest absolute Gasteiger partial charge is 0.374 e. The Morgan fingerprint density at radius 1 is 0.215 bits per heavy atom. The monoisotopic (exact) mass is 1080 g/mol. The van der Waals surface area contributed by atoms with Gasteiger partial charge in [-0.15, -0.1) is 0 Å². The molecule has 438 valence electrons. The lowest BCUT2D eigenvalue weighted by Gasteiger charge is -2.51. The predicted molar refractivity (Wildman–Crippen MR) is 318 cm³/mol. The van der Waals surface area contributed by atoms with Crippen molar-refractivity contribution in [1.29, 1.82) is 0 Å². The van der Waals surface area contributed by atoms with Gasteiger partial charge in [-0.3, -0.25) is 14.7 Å². The average Bonchev–Trinajstić information content (AvgIpc) is 4.53. The SMILES string of the molecule is C1CCC2C(C1)OC1CCC3C4CCCCC4N(C4CCC(B(C5CCC(N6C7CCCCC7C7CCC8OC9CCCCC9C8C76)CC5)C5CCC(N6C7CCCCC7C7CCC8OC9CCCCC9C8C76)CC5)CC4)C3C12. The fourth-order valence-electron chi connectivity index (χ4n) is 29.0. The number of nitrogens with zero attached hydrogens (tertiary/aromatic N) is 3. The highest BCUT2D eigenvalue weighted by molar-refractivity contribution is 6.63. The predicted octanol–water partition coefficient (Wildman–Crippen LogP) is 16.1. The summed E-state index contributed by atoms with van der Waals surface area (Å²) in [5.41, 5.74) is 0. The van der Waals surface area contributed by atoms with Gasteiger partial charge in [0.1, 0.15) is 6.71 Å². The Labute approximate surface area is 482 Å². The van der Waals surface area contributed by atoms with Crippen molar-refractivity contribution in [2.24, 2.45) is 71.0 Å². The molecule has 18 rings (SSSR count). The summed E-state index contributed by atoms with van der Waals surface area (Å²) in [7, 11) is 0. The van der Waals surface area contributed by atoms with Crippen LogP contribution in [0.15, 0.2) is 0 Å². The Balaban J connectivity index is 0.622. The van der Waals surface area contributed by atoms with Crippen LogP contribution >= 0.6 is 0 Å². The Hall–Kier alpha value is -0.175. The summed E-state index contributed by atoms with van der Waals surface area (Å²) in [5, 5.41) is 0. The van der Waals surface area contributed by atoms with Crippen LogP contribution in [0.2, 0.25) is 17.5 Å². The van der Waals surface area contributed by atoms with Crippen molar-refractivity contribution in [1.82, 2.24) is 14.7 Å². The maximum Gasteiger partial charge on any atom is 0.149 e. The van der Waals surface area contributed by atoms with Crippen molar-refractivity contribution in [3.63, 3.8) is 0 Å². The van der Waals surface area contributed by atoms with Crippen LogP contribution in [0, 0.1) is 71.0 Å². The highest BCUT2D eigenvalue weighted by Gasteiger charge is 2.66. The molecule has 12 saturated carbocycles. The summed E-state index contributed by atoms with van der Waals surface area (Å²) in [6.45, 7) is 0.986. The first kappa shape index (κ1) is 52.0. The molecule has 12 aliphatic carbocycles. The molecule has 0 radical (unpaired) electrons. The molecule has 0 aromatic carbocycles. The van der Waals surface area contributed by atoms with Gasteiger partial charge in [0, 0.05) is 72.1 Å². The summed E-state index contributed by atoms with van der Waals surface area (Å²) in [4.78, 5) is 10.3. The molecule has 0 amide bonds. The highest BCUT2D eigenvalue weighted by atomic mass is 16.5. The molecule has 6 nitrogen and oxygen atoms in total. The summed E-state index contributed by atoms with van der Waals surface area (Å²) in [5.74, 6) is 14.0. The number of hydrogen-bond donors (Lipinski definition) is 0. The van der Waals surface area contributed by atoms with Gasteiger partial charge < -0.3 is 14.2 Å². The molecule has 79 heavy (non-hydrogen) atoms. The van der Waals surface area contributed by atoms with Crippen molar-refractivity contribution in [2.45, 2.75) is 378 Å². The van der Waals surface area contributed by atoms with Crippen LogP contribution < -0.4 is 0 Å². The van der Waals surface area contributed by atoms with Crippen molar-refractivity contribution >= 4 is 6.71 Å². The van der Waals surface area contributed by atoms with Gasteiger partial charge in [-0.25, -0.2) is 0 Å². The van der Waals surface area contributed by atoms with Gasteiger partial charge in [-0.1, -0.05) is 133 Å². The fraction of sp³-hybridized carbons (Fsp3) is 1.00. The number of rotatable bonds is 6. The summed E-state index contributed by atoms with van der Waals surface area (Å²) in [6.07, 6.45) is 66.2. The number of hydrogen-bond acceptors (Lipinski definition) is 6. The molecule has 7 heteroatoms. The lowest BCUT2D eigenvalue weighted by atomic mass is 9.23. The third-order valence-electron chi connectivity index (χ3n) is 31.2. The Morgan fingerprint density at radius 2 is 0.481 bits per heavy atom. The maximum atomic E-state index is 7.17. The second-order valence-corrected chi connectivity index (χ2v) is 33.6. The zero-order valence-electron chi connectivity index (χ0n) is 50.2. The normalized spacial score (nSPS) is 57.0. The smallest absolute Gasteiger partial charge is 0.149 e. The van der Waals surface area contributed by atoms with E-state index in [0.29, 0.717) is 36.6 Å². The molecular weight excluding hydrogens is 966 g/mol. The molecule has 24 unspecified atom stereocenters. The van der Waals surface area contributed by atoms with E-state index in [0.717, 1.165) is 150 Å². The first-order chi connectivity index (χ1) is 39.2. The number of ether oxygens (including phenoxy) is 3. The van der Waals surface area contributed by atoms with Gasteiger partial charge in [-0.2, -0.15) is 0 Å². The molecule has 24 atom stereocenters. The van der Waals surface area contributed by atoms with Crippen LogP contribution in [0.4, 0.5) is 0 Å². The van der Waals surface area contributed by atoms with Gasteiger partial charge in [-0.05, 0) is 207 Å². The van der Waals surface area contributed by atoms with Crippen molar-refractivity contribution < 1.29 is 14.2 Å². The lowest BCUT2D eigenvalue weighted by Crippen LogP contribution is -2.55. The minimum absolute atomic E-state index is 0.583. The standard InChI is InChI=1S/C72H114BN3O3/c1-7-19-58-49(13-1)52-37-40-64-67(55-16-4-10-22-61(55)77-64)70(52)74(58)46-31-25-43(26-32-46)73(44-27-33-47(34-28-44)75-59-20-8-2-14-50(59)53-38-41-65-68(71(53)75)56-17-5-11-23-62(56)78-65)45-29-35-48(36-30-45)76-60-21-9-3-15-51(60)54-39-42-66-69(72(54)76)57-18-6-12-24-63(57)79-66/h43-72H,1-42H2. The van der Waals surface area contributed by atoms with E-state index >= 15 is 0 Å².